The lowest BCUT2D eigenvalue weighted by Crippen LogP contribution is -2.43. The van der Waals surface area contributed by atoms with Crippen molar-refractivity contribution in [2.75, 3.05) is 37.7 Å². The van der Waals surface area contributed by atoms with Crippen molar-refractivity contribution < 1.29 is 13.2 Å². The number of aryl methyl sites for hydroxylation is 1. The number of sulfone groups is 1. The van der Waals surface area contributed by atoms with E-state index in [1.54, 1.807) is 25.1 Å². The van der Waals surface area contributed by atoms with Gasteiger partial charge in [-0.15, -0.1) is 0 Å². The first-order valence-corrected chi connectivity index (χ1v) is 8.95. The number of carbonyl (C=O) groups excluding carboxylic acids is 1. The first-order valence-electron chi connectivity index (χ1n) is 7.13. The highest BCUT2D eigenvalue weighted by Crippen LogP contribution is 2.10. The summed E-state index contributed by atoms with van der Waals surface area (Å²) in [6.45, 7) is 3.95. The highest BCUT2D eigenvalue weighted by Gasteiger charge is 2.21. The number of hydrogen-bond donors (Lipinski definition) is 1. The molecule has 1 aliphatic rings. The Hall–Kier alpha value is -1.91. The van der Waals surface area contributed by atoms with Crippen molar-refractivity contribution in [1.82, 2.24) is 10.2 Å². The molecule has 7 heteroatoms. The van der Waals surface area contributed by atoms with Gasteiger partial charge in [-0.05, 0) is 30.7 Å². The van der Waals surface area contributed by atoms with Gasteiger partial charge in [0.05, 0.1) is 23.1 Å². The molecule has 1 fully saturated rings. The number of benzene rings is 1. The van der Waals surface area contributed by atoms with Crippen molar-refractivity contribution in [1.29, 1.82) is 5.26 Å². The summed E-state index contributed by atoms with van der Waals surface area (Å²) in [4.78, 5) is 14.1. The van der Waals surface area contributed by atoms with Gasteiger partial charge in [-0.25, -0.2) is 8.42 Å². The van der Waals surface area contributed by atoms with Crippen LogP contribution in [0.4, 0.5) is 0 Å². The zero-order valence-corrected chi connectivity index (χ0v) is 13.3. The van der Waals surface area contributed by atoms with Crippen LogP contribution >= 0.6 is 0 Å². The van der Waals surface area contributed by atoms with Crippen molar-refractivity contribution in [2.24, 2.45) is 0 Å². The molecule has 0 radical (unpaired) electrons. The average Bonchev–Trinajstić information content (AvgIpc) is 2.48. The van der Waals surface area contributed by atoms with E-state index in [0.29, 0.717) is 37.3 Å². The van der Waals surface area contributed by atoms with Gasteiger partial charge in [0.15, 0.2) is 9.84 Å². The predicted octanol–water partition coefficient (Wildman–Crippen LogP) is 0.327. The number of rotatable bonds is 4. The Kier molecular flexibility index (Phi) is 5.16. The summed E-state index contributed by atoms with van der Waals surface area (Å²) in [7, 11) is -2.87. The van der Waals surface area contributed by atoms with Crippen LogP contribution < -0.4 is 5.32 Å². The lowest BCUT2D eigenvalue weighted by Gasteiger charge is -2.26. The summed E-state index contributed by atoms with van der Waals surface area (Å²) in [5.74, 6) is 0.206. The molecule has 1 N–H and O–H groups in total. The number of nitriles is 1. The van der Waals surface area contributed by atoms with Crippen LogP contribution in [0.2, 0.25) is 0 Å². The molecule has 6 nitrogen and oxygen atoms in total. The summed E-state index contributed by atoms with van der Waals surface area (Å²) >= 11 is 0. The molecular weight excluding hydrogens is 302 g/mol. The minimum absolute atomic E-state index is 0.174. The van der Waals surface area contributed by atoms with E-state index in [-0.39, 0.29) is 17.4 Å². The average molecular weight is 321 g/mol. The van der Waals surface area contributed by atoms with Crippen LogP contribution in [0.5, 0.6) is 0 Å². The third kappa shape index (κ3) is 4.29. The molecule has 0 spiro atoms. The Morgan fingerprint density at radius 1 is 1.36 bits per heavy atom. The Morgan fingerprint density at radius 2 is 2.05 bits per heavy atom. The maximum Gasteiger partial charge on any atom is 0.251 e. The topological polar surface area (TPSA) is 90.3 Å². The van der Waals surface area contributed by atoms with Crippen molar-refractivity contribution in [3.05, 3.63) is 34.9 Å². The van der Waals surface area contributed by atoms with Gasteiger partial charge < -0.3 is 5.32 Å². The van der Waals surface area contributed by atoms with Crippen LogP contribution in [0.15, 0.2) is 18.2 Å². The molecule has 0 bridgehead atoms. The zero-order chi connectivity index (χ0) is 16.2. The molecule has 1 aromatic carbocycles. The van der Waals surface area contributed by atoms with Crippen LogP contribution in [0, 0.1) is 18.3 Å². The maximum atomic E-state index is 12.1. The van der Waals surface area contributed by atoms with Gasteiger partial charge in [-0.3, -0.25) is 9.69 Å². The smallest absolute Gasteiger partial charge is 0.251 e. The molecule has 2 rings (SSSR count). The number of amides is 1. The monoisotopic (exact) mass is 321 g/mol. The first kappa shape index (κ1) is 16.5. The molecule has 1 amide bonds. The Balaban J connectivity index is 1.82. The molecule has 1 saturated heterocycles. The maximum absolute atomic E-state index is 12.1. The molecule has 0 atom stereocenters. The molecule has 22 heavy (non-hydrogen) atoms. The van der Waals surface area contributed by atoms with Crippen molar-refractivity contribution in [3.63, 3.8) is 0 Å². The van der Waals surface area contributed by atoms with E-state index >= 15 is 0 Å². The van der Waals surface area contributed by atoms with Crippen molar-refractivity contribution in [3.8, 4) is 6.07 Å². The lowest BCUT2D eigenvalue weighted by molar-refractivity contribution is 0.0948. The second-order valence-corrected chi connectivity index (χ2v) is 7.69. The fourth-order valence-electron chi connectivity index (χ4n) is 2.38. The normalized spacial score (nSPS) is 17.6. The van der Waals surface area contributed by atoms with Gasteiger partial charge >= 0.3 is 0 Å². The second kappa shape index (κ2) is 6.90. The third-order valence-electron chi connectivity index (χ3n) is 3.75. The van der Waals surface area contributed by atoms with E-state index < -0.39 is 9.84 Å². The summed E-state index contributed by atoms with van der Waals surface area (Å²) in [6, 6.07) is 7.00. The Morgan fingerprint density at radius 3 is 2.64 bits per heavy atom. The summed E-state index contributed by atoms with van der Waals surface area (Å²) in [5, 5.41) is 11.6. The van der Waals surface area contributed by atoms with Crippen LogP contribution in [0.25, 0.3) is 0 Å². The fraction of sp³-hybridized carbons (Fsp3) is 0.467. The van der Waals surface area contributed by atoms with Crippen LogP contribution in [-0.4, -0.2) is 56.9 Å². The van der Waals surface area contributed by atoms with E-state index in [1.807, 2.05) is 11.0 Å². The molecule has 1 heterocycles. The number of nitrogens with zero attached hydrogens (tertiary/aromatic N) is 2. The van der Waals surface area contributed by atoms with Crippen LogP contribution in [-0.2, 0) is 9.84 Å². The predicted molar refractivity (Wildman–Crippen MR) is 83.3 cm³/mol. The Labute approximate surface area is 130 Å². The second-order valence-electron chi connectivity index (χ2n) is 5.39. The number of nitrogens with one attached hydrogen (secondary N) is 1. The largest absolute Gasteiger partial charge is 0.351 e. The van der Waals surface area contributed by atoms with Crippen molar-refractivity contribution in [2.45, 2.75) is 6.92 Å². The van der Waals surface area contributed by atoms with E-state index in [9.17, 15) is 13.2 Å². The molecule has 0 unspecified atom stereocenters. The van der Waals surface area contributed by atoms with Gasteiger partial charge in [-0.1, -0.05) is 0 Å². The summed E-state index contributed by atoms with van der Waals surface area (Å²) in [5.41, 5.74) is 1.85. The number of carbonyl (C=O) groups is 1. The van der Waals surface area contributed by atoms with E-state index in [2.05, 4.69) is 5.32 Å². The van der Waals surface area contributed by atoms with Gasteiger partial charge in [-0.2, -0.15) is 5.26 Å². The summed E-state index contributed by atoms with van der Waals surface area (Å²) in [6.07, 6.45) is 0. The van der Waals surface area contributed by atoms with E-state index in [0.717, 1.165) is 5.56 Å². The molecule has 0 aliphatic carbocycles. The molecule has 118 valence electrons. The van der Waals surface area contributed by atoms with E-state index in [1.165, 1.54) is 0 Å². The minimum Gasteiger partial charge on any atom is -0.351 e. The lowest BCUT2D eigenvalue weighted by atomic mass is 10.1. The highest BCUT2D eigenvalue weighted by molar-refractivity contribution is 7.91. The fourth-order valence-corrected chi connectivity index (χ4v) is 3.66. The van der Waals surface area contributed by atoms with Gasteiger partial charge in [0.25, 0.3) is 5.91 Å². The molecule has 0 aromatic heterocycles. The quantitative estimate of drug-likeness (QED) is 0.863. The first-order chi connectivity index (χ1) is 10.4. The molecule has 1 aliphatic heterocycles. The van der Waals surface area contributed by atoms with E-state index in [4.69, 9.17) is 5.26 Å². The van der Waals surface area contributed by atoms with Gasteiger partial charge in [0.1, 0.15) is 0 Å². The molecular formula is C15H19N3O3S. The molecule has 1 aromatic rings. The zero-order valence-electron chi connectivity index (χ0n) is 12.5. The highest BCUT2D eigenvalue weighted by atomic mass is 32.2. The Bertz CT molecular complexity index is 693. The standard InChI is InChI=1S/C15H19N3O3S/c1-12-10-13(11-16)2-3-14(12)15(19)17-4-5-18-6-8-22(20,21)9-7-18/h2-3,10H,4-9H2,1H3,(H,17,19). The van der Waals surface area contributed by atoms with Crippen LogP contribution in [0.3, 0.4) is 0 Å². The SMILES string of the molecule is Cc1cc(C#N)ccc1C(=O)NCCN1CCS(=O)(=O)CC1. The minimum atomic E-state index is -2.87. The number of hydrogen-bond acceptors (Lipinski definition) is 5. The van der Waals surface area contributed by atoms with Crippen LogP contribution in [0.1, 0.15) is 21.5 Å². The van der Waals surface area contributed by atoms with Gasteiger partial charge in [0.2, 0.25) is 0 Å². The molecule has 0 saturated carbocycles. The van der Waals surface area contributed by atoms with Crippen molar-refractivity contribution >= 4 is 15.7 Å². The third-order valence-corrected chi connectivity index (χ3v) is 5.36. The van der Waals surface area contributed by atoms with Gasteiger partial charge in [0, 0.05) is 31.7 Å². The summed E-state index contributed by atoms with van der Waals surface area (Å²) < 4.78 is 22.7.